The van der Waals surface area contributed by atoms with E-state index in [-0.39, 0.29) is 11.3 Å². The van der Waals surface area contributed by atoms with Gasteiger partial charge in [-0.15, -0.1) is 0 Å². The van der Waals surface area contributed by atoms with Crippen LogP contribution in [0, 0.1) is 17.5 Å². The van der Waals surface area contributed by atoms with Crippen molar-refractivity contribution in [1.82, 2.24) is 5.32 Å². The fourth-order valence-corrected chi connectivity index (χ4v) is 2.02. The SMILES string of the molecule is COc1cc(C(=O)NCC(O)c2c(F)cccc2F)ccc1F. The van der Waals surface area contributed by atoms with Gasteiger partial charge in [0.05, 0.1) is 12.7 Å². The summed E-state index contributed by atoms with van der Waals surface area (Å²) in [5.41, 5.74) is -0.436. The summed E-state index contributed by atoms with van der Waals surface area (Å²) in [6, 6.07) is 6.65. The Balaban J connectivity index is 2.07. The molecule has 1 amide bonds. The van der Waals surface area contributed by atoms with E-state index in [0.29, 0.717) is 0 Å². The first kappa shape index (κ1) is 16.8. The lowest BCUT2D eigenvalue weighted by molar-refractivity contribution is 0.0911. The molecule has 1 unspecified atom stereocenters. The van der Waals surface area contributed by atoms with Crippen molar-refractivity contribution >= 4 is 5.91 Å². The first-order valence-electron chi connectivity index (χ1n) is 6.67. The van der Waals surface area contributed by atoms with E-state index in [1.807, 2.05) is 0 Å². The molecular weight excluding hydrogens is 311 g/mol. The quantitative estimate of drug-likeness (QED) is 0.888. The Morgan fingerprint density at radius 3 is 2.43 bits per heavy atom. The monoisotopic (exact) mass is 325 g/mol. The number of carbonyl (C=O) groups is 1. The minimum atomic E-state index is -1.55. The van der Waals surface area contributed by atoms with E-state index in [1.54, 1.807) is 0 Å². The van der Waals surface area contributed by atoms with Gasteiger partial charge in [-0.05, 0) is 30.3 Å². The smallest absolute Gasteiger partial charge is 0.251 e. The lowest BCUT2D eigenvalue weighted by Crippen LogP contribution is -2.29. The van der Waals surface area contributed by atoms with Crippen molar-refractivity contribution in [2.24, 2.45) is 0 Å². The van der Waals surface area contributed by atoms with Crippen LogP contribution in [0.5, 0.6) is 5.75 Å². The van der Waals surface area contributed by atoms with Crippen molar-refractivity contribution in [2.45, 2.75) is 6.10 Å². The van der Waals surface area contributed by atoms with Crippen LogP contribution in [0.25, 0.3) is 0 Å². The van der Waals surface area contributed by atoms with Crippen molar-refractivity contribution in [3.8, 4) is 5.75 Å². The van der Waals surface area contributed by atoms with Crippen LogP contribution in [-0.4, -0.2) is 24.7 Å². The average molecular weight is 325 g/mol. The Bertz CT molecular complexity index is 701. The number of nitrogens with one attached hydrogen (secondary N) is 1. The predicted octanol–water partition coefficient (Wildman–Crippen LogP) is 2.58. The van der Waals surface area contributed by atoms with Gasteiger partial charge in [-0.1, -0.05) is 6.07 Å². The number of ether oxygens (including phenoxy) is 1. The first-order chi connectivity index (χ1) is 10.9. The molecule has 0 saturated heterocycles. The van der Waals surface area contributed by atoms with Gasteiger partial charge in [-0.25, -0.2) is 13.2 Å². The van der Waals surface area contributed by atoms with Gasteiger partial charge in [0.15, 0.2) is 11.6 Å². The summed E-state index contributed by atoms with van der Waals surface area (Å²) in [4.78, 5) is 11.9. The minimum absolute atomic E-state index is 0.0875. The topological polar surface area (TPSA) is 58.6 Å². The van der Waals surface area contributed by atoms with Crippen LogP contribution in [0.15, 0.2) is 36.4 Å². The Morgan fingerprint density at radius 1 is 1.17 bits per heavy atom. The molecule has 1 atom stereocenters. The third kappa shape index (κ3) is 3.81. The molecule has 0 spiro atoms. The molecule has 0 radical (unpaired) electrons. The van der Waals surface area contributed by atoms with Crippen molar-refractivity contribution in [3.63, 3.8) is 0 Å². The zero-order chi connectivity index (χ0) is 17.0. The van der Waals surface area contributed by atoms with Crippen LogP contribution < -0.4 is 10.1 Å². The Labute approximate surface area is 130 Å². The second kappa shape index (κ2) is 7.15. The molecule has 2 rings (SSSR count). The molecule has 2 N–H and O–H groups in total. The first-order valence-corrected chi connectivity index (χ1v) is 6.67. The second-order valence-corrected chi connectivity index (χ2v) is 4.71. The third-order valence-electron chi connectivity index (χ3n) is 3.20. The average Bonchev–Trinajstić information content (AvgIpc) is 2.52. The highest BCUT2D eigenvalue weighted by Gasteiger charge is 2.19. The zero-order valence-corrected chi connectivity index (χ0v) is 12.1. The number of hydrogen-bond donors (Lipinski definition) is 2. The van der Waals surface area contributed by atoms with E-state index in [4.69, 9.17) is 4.74 Å². The molecule has 0 bridgehead atoms. The highest BCUT2D eigenvalue weighted by atomic mass is 19.1. The van der Waals surface area contributed by atoms with E-state index >= 15 is 0 Å². The molecule has 0 aliphatic rings. The highest BCUT2D eigenvalue weighted by Crippen LogP contribution is 2.21. The summed E-state index contributed by atoms with van der Waals surface area (Å²) in [6.07, 6.45) is -1.55. The standard InChI is InChI=1S/C16H14F3NO3/c1-23-14-7-9(5-6-10(14)17)16(22)20-8-13(21)15-11(18)3-2-4-12(15)19/h2-7,13,21H,8H2,1H3,(H,20,22). The summed E-state index contributed by atoms with van der Waals surface area (Å²) >= 11 is 0. The van der Waals surface area contributed by atoms with Crippen LogP contribution in [0.3, 0.4) is 0 Å². The number of halogens is 3. The van der Waals surface area contributed by atoms with Gasteiger partial charge in [-0.2, -0.15) is 0 Å². The molecule has 0 aromatic heterocycles. The summed E-state index contributed by atoms with van der Waals surface area (Å²) in [5, 5.41) is 12.2. The molecule has 0 saturated carbocycles. The van der Waals surface area contributed by atoms with Crippen molar-refractivity contribution < 1.29 is 27.8 Å². The predicted molar refractivity (Wildman–Crippen MR) is 76.6 cm³/mol. The Morgan fingerprint density at radius 2 is 1.83 bits per heavy atom. The molecule has 4 nitrogen and oxygen atoms in total. The molecule has 23 heavy (non-hydrogen) atoms. The molecule has 0 fully saturated rings. The van der Waals surface area contributed by atoms with Crippen LogP contribution in [-0.2, 0) is 0 Å². The number of amides is 1. The van der Waals surface area contributed by atoms with E-state index in [9.17, 15) is 23.1 Å². The van der Waals surface area contributed by atoms with Gasteiger partial charge in [0, 0.05) is 12.1 Å². The van der Waals surface area contributed by atoms with Gasteiger partial charge in [-0.3, -0.25) is 4.79 Å². The van der Waals surface area contributed by atoms with Gasteiger partial charge < -0.3 is 15.2 Å². The molecular formula is C16H14F3NO3. The number of benzene rings is 2. The van der Waals surface area contributed by atoms with Crippen LogP contribution in [0.1, 0.15) is 22.0 Å². The summed E-state index contributed by atoms with van der Waals surface area (Å²) in [6.45, 7) is -0.406. The van der Waals surface area contributed by atoms with Gasteiger partial charge in [0.1, 0.15) is 17.7 Å². The fourth-order valence-electron chi connectivity index (χ4n) is 2.02. The van der Waals surface area contributed by atoms with Crippen LogP contribution in [0.4, 0.5) is 13.2 Å². The number of hydrogen-bond acceptors (Lipinski definition) is 3. The molecule has 2 aromatic rings. The Kier molecular flexibility index (Phi) is 5.23. The van der Waals surface area contributed by atoms with Gasteiger partial charge in [0.2, 0.25) is 0 Å². The van der Waals surface area contributed by atoms with E-state index in [0.717, 1.165) is 18.2 Å². The number of carbonyl (C=O) groups excluding carboxylic acids is 1. The third-order valence-corrected chi connectivity index (χ3v) is 3.20. The number of methoxy groups -OCH3 is 1. The largest absolute Gasteiger partial charge is 0.494 e. The van der Waals surface area contributed by atoms with E-state index in [1.165, 1.54) is 25.3 Å². The fraction of sp³-hybridized carbons (Fsp3) is 0.188. The van der Waals surface area contributed by atoms with Crippen molar-refractivity contribution in [1.29, 1.82) is 0 Å². The second-order valence-electron chi connectivity index (χ2n) is 4.71. The van der Waals surface area contributed by atoms with Gasteiger partial charge >= 0.3 is 0 Å². The zero-order valence-electron chi connectivity index (χ0n) is 12.1. The summed E-state index contributed by atoms with van der Waals surface area (Å²) in [7, 11) is 1.25. The van der Waals surface area contributed by atoms with Crippen LogP contribution in [0.2, 0.25) is 0 Å². The molecule has 0 aliphatic carbocycles. The van der Waals surface area contributed by atoms with E-state index < -0.39 is 41.6 Å². The Hall–Kier alpha value is -2.54. The van der Waals surface area contributed by atoms with E-state index in [2.05, 4.69) is 5.32 Å². The maximum atomic E-state index is 13.5. The molecule has 2 aromatic carbocycles. The maximum absolute atomic E-state index is 13.5. The lowest BCUT2D eigenvalue weighted by atomic mass is 10.1. The number of aliphatic hydroxyl groups is 1. The molecule has 7 heteroatoms. The van der Waals surface area contributed by atoms with Crippen molar-refractivity contribution in [2.75, 3.05) is 13.7 Å². The van der Waals surface area contributed by atoms with Crippen LogP contribution >= 0.6 is 0 Å². The number of aliphatic hydroxyl groups excluding tert-OH is 1. The highest BCUT2D eigenvalue weighted by molar-refractivity contribution is 5.94. The van der Waals surface area contributed by atoms with Crippen molar-refractivity contribution in [3.05, 3.63) is 65.0 Å². The number of rotatable bonds is 5. The summed E-state index contributed by atoms with van der Waals surface area (Å²) in [5.74, 6) is -3.19. The molecule has 0 heterocycles. The summed E-state index contributed by atoms with van der Waals surface area (Å²) < 4.78 is 45.1. The molecule has 0 aliphatic heterocycles. The maximum Gasteiger partial charge on any atom is 0.251 e. The minimum Gasteiger partial charge on any atom is -0.494 e. The lowest BCUT2D eigenvalue weighted by Gasteiger charge is -2.14. The normalized spacial score (nSPS) is 11.9. The molecule has 122 valence electrons. The van der Waals surface area contributed by atoms with Gasteiger partial charge in [0.25, 0.3) is 5.91 Å².